The minimum absolute atomic E-state index is 0.105. The fraction of sp³-hybridized carbons (Fsp3) is 0.316. The first-order chi connectivity index (χ1) is 16.2. The minimum Gasteiger partial charge on any atom is -0.477 e. The van der Waals surface area contributed by atoms with Gasteiger partial charge in [-0.1, -0.05) is 17.4 Å². The van der Waals surface area contributed by atoms with Gasteiger partial charge in [0, 0.05) is 17.6 Å². The number of hydrogen-bond donors (Lipinski definition) is 3. The molecule has 178 valence electrons. The van der Waals surface area contributed by atoms with Gasteiger partial charge in [0.15, 0.2) is 10.8 Å². The molecule has 2 unspecified atom stereocenters. The Morgan fingerprint density at radius 2 is 2.24 bits per heavy atom. The van der Waals surface area contributed by atoms with Crippen molar-refractivity contribution in [3.8, 4) is 0 Å². The van der Waals surface area contributed by atoms with Crippen LogP contribution in [0.1, 0.15) is 23.7 Å². The Labute approximate surface area is 206 Å². The number of carbonyl (C=O) groups is 3. The van der Waals surface area contributed by atoms with Crippen molar-refractivity contribution in [3.05, 3.63) is 40.2 Å². The number of amides is 2. The fourth-order valence-electron chi connectivity index (χ4n) is 3.47. The molecule has 2 aliphatic heterocycles. The number of thiocarbonyl (C=S) groups is 1. The summed E-state index contributed by atoms with van der Waals surface area (Å²) in [5, 5.41) is 17.3. The number of rotatable bonds is 8. The van der Waals surface area contributed by atoms with Crippen LogP contribution in [0.4, 0.5) is 5.13 Å². The van der Waals surface area contributed by atoms with Crippen molar-refractivity contribution in [1.29, 1.82) is 0 Å². The third kappa shape index (κ3) is 4.41. The summed E-state index contributed by atoms with van der Waals surface area (Å²) >= 11 is 7.80. The van der Waals surface area contributed by atoms with Crippen LogP contribution in [0, 0.1) is 6.92 Å². The molecule has 4 rings (SSSR count). The Kier molecular flexibility index (Phi) is 6.67. The molecule has 2 aromatic rings. The molecule has 2 aromatic heterocycles. The van der Waals surface area contributed by atoms with Crippen molar-refractivity contribution in [3.63, 3.8) is 0 Å². The van der Waals surface area contributed by atoms with Crippen LogP contribution in [0.15, 0.2) is 32.5 Å². The molecule has 2 atom stereocenters. The van der Waals surface area contributed by atoms with E-state index in [9.17, 15) is 19.5 Å². The minimum atomic E-state index is -1.26. The van der Waals surface area contributed by atoms with Crippen molar-refractivity contribution >= 4 is 68.8 Å². The Bertz CT molecular complexity index is 1250. The molecular weight excluding hydrogens is 504 g/mol. The summed E-state index contributed by atoms with van der Waals surface area (Å²) in [7, 11) is 1.27. The monoisotopic (exact) mass is 522 g/mol. The summed E-state index contributed by atoms with van der Waals surface area (Å²) in [6.45, 7) is 1.75. The summed E-state index contributed by atoms with van der Waals surface area (Å²) in [5.74, 6) is -1.98. The number of aryl methyl sites for hydroxylation is 1. The molecule has 12 nitrogen and oxygen atoms in total. The number of nitrogens with one attached hydrogen (secondary N) is 1. The number of thioether (sulfide) groups is 1. The highest BCUT2D eigenvalue weighted by molar-refractivity contribution is 8.00. The molecule has 1 saturated heterocycles. The molecule has 34 heavy (non-hydrogen) atoms. The number of thiazole rings is 1. The van der Waals surface area contributed by atoms with Gasteiger partial charge in [-0.3, -0.25) is 14.5 Å². The first-order valence-electron chi connectivity index (χ1n) is 9.70. The molecule has 0 aromatic carbocycles. The number of oxazole rings is 1. The summed E-state index contributed by atoms with van der Waals surface area (Å²) in [4.78, 5) is 52.2. The van der Waals surface area contributed by atoms with Crippen molar-refractivity contribution in [2.75, 3.05) is 18.6 Å². The molecule has 1 fully saturated rings. The predicted octanol–water partition coefficient (Wildman–Crippen LogP) is 0.919. The zero-order valence-electron chi connectivity index (χ0n) is 17.8. The second-order valence-electron chi connectivity index (χ2n) is 7.21. The zero-order valence-corrected chi connectivity index (χ0v) is 20.3. The van der Waals surface area contributed by atoms with Gasteiger partial charge >= 0.3 is 5.97 Å². The quantitative estimate of drug-likeness (QED) is 0.148. The first-order valence-corrected chi connectivity index (χ1v) is 12.0. The van der Waals surface area contributed by atoms with Crippen LogP contribution < -0.4 is 11.1 Å². The van der Waals surface area contributed by atoms with E-state index >= 15 is 0 Å². The van der Waals surface area contributed by atoms with E-state index in [1.807, 2.05) is 0 Å². The summed E-state index contributed by atoms with van der Waals surface area (Å²) in [6, 6.07) is -0.951. The van der Waals surface area contributed by atoms with E-state index < -0.39 is 29.2 Å². The molecule has 0 saturated carbocycles. The van der Waals surface area contributed by atoms with Crippen molar-refractivity contribution < 1.29 is 28.7 Å². The molecule has 0 bridgehead atoms. The van der Waals surface area contributed by atoms with Gasteiger partial charge in [0.05, 0.1) is 10.6 Å². The highest BCUT2D eigenvalue weighted by Gasteiger charge is 2.54. The summed E-state index contributed by atoms with van der Waals surface area (Å²) in [5.41, 5.74) is 6.64. The van der Waals surface area contributed by atoms with Gasteiger partial charge in [-0.05, 0) is 12.5 Å². The zero-order chi connectivity index (χ0) is 24.6. The SMILES string of the molecule is CON=C(C(=O)NC1C(=O)N2C(C(=O)O)=C(CC(=S)c3nc(C)co3)CSC12)c1csc(N)n1. The molecule has 2 amide bonds. The fourth-order valence-corrected chi connectivity index (χ4v) is 5.63. The van der Waals surface area contributed by atoms with Crippen LogP contribution in [-0.4, -0.2) is 72.6 Å². The molecule has 4 N–H and O–H groups in total. The number of carbonyl (C=O) groups excluding carboxylic acids is 2. The Balaban J connectivity index is 1.52. The van der Waals surface area contributed by atoms with Crippen LogP contribution >= 0.6 is 35.3 Å². The van der Waals surface area contributed by atoms with E-state index in [-0.39, 0.29) is 34.5 Å². The summed E-state index contributed by atoms with van der Waals surface area (Å²) in [6.07, 6.45) is 1.56. The maximum Gasteiger partial charge on any atom is 0.352 e. The lowest BCUT2D eigenvalue weighted by Gasteiger charge is -2.49. The number of oxime groups is 1. The number of β-lactam (4-membered cyclic amide) rings is 1. The normalized spacial score (nSPS) is 20.0. The Morgan fingerprint density at radius 3 is 2.82 bits per heavy atom. The molecular formula is C19H18N6O6S3. The van der Waals surface area contributed by atoms with Crippen molar-refractivity contribution in [1.82, 2.24) is 20.2 Å². The molecule has 4 heterocycles. The van der Waals surface area contributed by atoms with Crippen LogP contribution in [-0.2, 0) is 19.2 Å². The maximum absolute atomic E-state index is 12.9. The Hall–Kier alpha value is -3.30. The number of hydrogen-bond acceptors (Lipinski definition) is 12. The topological polar surface area (TPSA) is 173 Å². The maximum atomic E-state index is 12.9. The largest absolute Gasteiger partial charge is 0.477 e. The van der Waals surface area contributed by atoms with Crippen LogP contribution in [0.25, 0.3) is 0 Å². The average Bonchev–Trinajstić information content (AvgIpc) is 3.43. The lowest BCUT2D eigenvalue weighted by Crippen LogP contribution is -2.71. The van der Waals surface area contributed by atoms with Gasteiger partial charge in [0.25, 0.3) is 11.8 Å². The van der Waals surface area contributed by atoms with E-state index in [2.05, 4.69) is 20.4 Å². The third-order valence-corrected chi connectivity index (χ3v) is 7.26. The molecule has 0 spiro atoms. The number of fused-ring (bicyclic) bond motifs is 1. The van der Waals surface area contributed by atoms with Gasteiger partial charge in [-0.25, -0.2) is 14.8 Å². The van der Waals surface area contributed by atoms with Gasteiger partial charge < -0.3 is 25.4 Å². The number of nitrogens with two attached hydrogens (primary N) is 1. The number of aliphatic carboxylic acids is 1. The van der Waals surface area contributed by atoms with Crippen LogP contribution in [0.2, 0.25) is 0 Å². The van der Waals surface area contributed by atoms with E-state index in [1.165, 1.54) is 30.5 Å². The van der Waals surface area contributed by atoms with Gasteiger partial charge in [0.2, 0.25) is 5.89 Å². The number of anilines is 1. The Morgan fingerprint density at radius 1 is 1.47 bits per heavy atom. The molecule has 2 aliphatic rings. The van der Waals surface area contributed by atoms with E-state index in [0.29, 0.717) is 21.9 Å². The number of nitrogen functional groups attached to an aromatic ring is 1. The lowest BCUT2D eigenvalue weighted by atomic mass is 10.0. The van der Waals surface area contributed by atoms with Crippen molar-refractivity contribution in [2.24, 2.45) is 5.16 Å². The second-order valence-corrected chi connectivity index (χ2v) is 9.69. The average molecular weight is 523 g/mol. The van der Waals surface area contributed by atoms with E-state index in [0.717, 1.165) is 16.2 Å². The predicted molar refractivity (Wildman–Crippen MR) is 127 cm³/mol. The second kappa shape index (κ2) is 9.52. The first kappa shape index (κ1) is 23.8. The van der Waals surface area contributed by atoms with Crippen LogP contribution in [0.3, 0.4) is 0 Å². The van der Waals surface area contributed by atoms with Gasteiger partial charge in [0.1, 0.15) is 36.2 Å². The number of carboxylic acid groups (broad SMARTS) is 1. The van der Waals surface area contributed by atoms with E-state index in [1.54, 1.807) is 6.92 Å². The summed E-state index contributed by atoms with van der Waals surface area (Å²) < 4.78 is 5.30. The smallest absolute Gasteiger partial charge is 0.352 e. The lowest BCUT2D eigenvalue weighted by molar-refractivity contribution is -0.150. The number of nitrogens with zero attached hydrogens (tertiary/aromatic N) is 4. The number of carboxylic acids is 1. The van der Waals surface area contributed by atoms with Gasteiger partial charge in [-0.2, -0.15) is 0 Å². The third-order valence-electron chi connectivity index (χ3n) is 4.93. The van der Waals surface area contributed by atoms with Gasteiger partial charge in [-0.15, -0.1) is 23.1 Å². The van der Waals surface area contributed by atoms with Crippen molar-refractivity contribution in [2.45, 2.75) is 24.8 Å². The molecule has 15 heteroatoms. The highest BCUT2D eigenvalue weighted by atomic mass is 32.2. The highest BCUT2D eigenvalue weighted by Crippen LogP contribution is 2.41. The van der Waals surface area contributed by atoms with Crippen LogP contribution in [0.5, 0.6) is 0 Å². The number of aromatic nitrogens is 2. The molecule has 0 radical (unpaired) electrons. The molecule has 0 aliphatic carbocycles. The van der Waals surface area contributed by atoms with E-state index in [4.69, 9.17) is 27.2 Å². The standard InChI is InChI=1S/C19H18N6O6S3/c1-7-4-31-15(21-7)10(32)3-8-5-33-17-12(16(27)25(17)13(8)18(28)29)23-14(26)11(24-30-2)9-6-34-19(20)22-9/h4,6,12,17H,3,5H2,1-2H3,(H2,20,22)(H,23,26)(H,28,29).